The highest BCUT2D eigenvalue weighted by Crippen LogP contribution is 2.22. The van der Waals surface area contributed by atoms with Crippen LogP contribution in [0.2, 0.25) is 0 Å². The molecule has 1 aromatic heterocycles. The van der Waals surface area contributed by atoms with Crippen LogP contribution in [0.3, 0.4) is 0 Å². The molecule has 5 nitrogen and oxygen atoms in total. The van der Waals surface area contributed by atoms with Gasteiger partial charge in [0.2, 0.25) is 0 Å². The first-order chi connectivity index (χ1) is 8.72. The second-order valence-electron chi connectivity index (χ2n) is 4.96. The minimum Gasteiger partial charge on any atom is -0.365 e. The fourth-order valence-corrected chi connectivity index (χ4v) is 2.54. The molecule has 1 fully saturated rings. The quantitative estimate of drug-likeness (QED) is 0.842. The highest BCUT2D eigenvalue weighted by atomic mass is 16.1. The lowest BCUT2D eigenvalue weighted by Gasteiger charge is -2.28. The van der Waals surface area contributed by atoms with Crippen LogP contribution in [0, 0.1) is 5.92 Å². The fraction of sp³-hybridized carbons (Fsp3) is 0.692. The van der Waals surface area contributed by atoms with Crippen molar-refractivity contribution in [3.8, 4) is 0 Å². The molecular formula is C13H22N4O. The van der Waals surface area contributed by atoms with Crippen molar-refractivity contribution in [2.24, 2.45) is 11.7 Å². The zero-order valence-electron chi connectivity index (χ0n) is 10.9. The second-order valence-corrected chi connectivity index (χ2v) is 4.96. The minimum absolute atomic E-state index is 0.0515. The highest BCUT2D eigenvalue weighted by molar-refractivity contribution is 5.30. The molecule has 100 valence electrons. The Balaban J connectivity index is 1.99. The van der Waals surface area contributed by atoms with Crippen LogP contribution in [0.15, 0.2) is 17.2 Å². The van der Waals surface area contributed by atoms with E-state index in [0.717, 1.165) is 19.4 Å². The van der Waals surface area contributed by atoms with E-state index in [1.165, 1.54) is 12.8 Å². The zero-order valence-corrected chi connectivity index (χ0v) is 10.9. The molecule has 1 aromatic rings. The summed E-state index contributed by atoms with van der Waals surface area (Å²) in [5.41, 5.74) is 6.04. The Morgan fingerprint density at radius 2 is 2.28 bits per heavy atom. The lowest BCUT2D eigenvalue weighted by atomic mass is 9.85. The summed E-state index contributed by atoms with van der Waals surface area (Å²) in [4.78, 5) is 16.1. The van der Waals surface area contributed by atoms with Gasteiger partial charge >= 0.3 is 0 Å². The van der Waals surface area contributed by atoms with Crippen molar-refractivity contribution in [2.75, 3.05) is 11.9 Å². The Kier molecular flexibility index (Phi) is 4.36. The number of nitrogens with one attached hydrogen (secondary N) is 1. The SMILES string of the molecule is CCn1ccnc(NCC2CCCCC2N)c1=O. The van der Waals surface area contributed by atoms with Gasteiger partial charge < -0.3 is 15.6 Å². The maximum atomic E-state index is 12.0. The Morgan fingerprint density at radius 3 is 3.00 bits per heavy atom. The van der Waals surface area contributed by atoms with Gasteiger partial charge in [-0.05, 0) is 25.7 Å². The molecule has 0 aromatic carbocycles. The molecule has 18 heavy (non-hydrogen) atoms. The third-order valence-electron chi connectivity index (χ3n) is 3.75. The Bertz CT molecular complexity index is 443. The summed E-state index contributed by atoms with van der Waals surface area (Å²) in [6, 6.07) is 0.253. The minimum atomic E-state index is -0.0515. The molecule has 2 unspecified atom stereocenters. The maximum absolute atomic E-state index is 12.0. The van der Waals surface area contributed by atoms with Crippen LogP contribution in [0.1, 0.15) is 32.6 Å². The van der Waals surface area contributed by atoms with E-state index >= 15 is 0 Å². The number of rotatable bonds is 4. The van der Waals surface area contributed by atoms with Crippen LogP contribution in [0.5, 0.6) is 0 Å². The van der Waals surface area contributed by atoms with E-state index in [1.54, 1.807) is 17.0 Å². The average molecular weight is 250 g/mol. The fourth-order valence-electron chi connectivity index (χ4n) is 2.54. The number of hydrogen-bond donors (Lipinski definition) is 2. The van der Waals surface area contributed by atoms with E-state index < -0.39 is 0 Å². The van der Waals surface area contributed by atoms with Crippen molar-refractivity contribution in [3.63, 3.8) is 0 Å². The number of hydrogen-bond acceptors (Lipinski definition) is 4. The van der Waals surface area contributed by atoms with E-state index in [1.807, 2.05) is 6.92 Å². The van der Waals surface area contributed by atoms with Crippen LogP contribution < -0.4 is 16.6 Å². The molecule has 0 saturated heterocycles. The monoisotopic (exact) mass is 250 g/mol. The molecule has 0 bridgehead atoms. The zero-order chi connectivity index (χ0) is 13.0. The number of aromatic nitrogens is 2. The van der Waals surface area contributed by atoms with Crippen LogP contribution in [-0.4, -0.2) is 22.1 Å². The molecule has 5 heteroatoms. The summed E-state index contributed by atoms with van der Waals surface area (Å²) >= 11 is 0. The molecule has 1 aliphatic rings. The molecule has 3 N–H and O–H groups in total. The van der Waals surface area contributed by atoms with Crippen molar-refractivity contribution in [2.45, 2.75) is 45.2 Å². The number of nitrogens with two attached hydrogens (primary N) is 1. The lowest BCUT2D eigenvalue weighted by Crippen LogP contribution is -2.38. The lowest BCUT2D eigenvalue weighted by molar-refractivity contribution is 0.321. The summed E-state index contributed by atoms with van der Waals surface area (Å²) in [7, 11) is 0. The maximum Gasteiger partial charge on any atom is 0.293 e. The summed E-state index contributed by atoms with van der Waals surface area (Å²) in [6.45, 7) is 3.36. The van der Waals surface area contributed by atoms with Crippen LogP contribution >= 0.6 is 0 Å². The van der Waals surface area contributed by atoms with Crippen LogP contribution in [0.4, 0.5) is 5.82 Å². The number of nitrogens with zero attached hydrogens (tertiary/aromatic N) is 2. The van der Waals surface area contributed by atoms with E-state index in [0.29, 0.717) is 18.3 Å². The third kappa shape index (κ3) is 2.90. The van der Waals surface area contributed by atoms with E-state index in [4.69, 9.17) is 5.73 Å². The Hall–Kier alpha value is -1.36. The predicted octanol–water partition coefficient (Wildman–Crippen LogP) is 1.19. The molecule has 0 spiro atoms. The largest absolute Gasteiger partial charge is 0.365 e. The molecule has 0 amide bonds. The molecule has 1 heterocycles. The van der Waals surface area contributed by atoms with Crippen LogP contribution in [0.25, 0.3) is 0 Å². The van der Waals surface area contributed by atoms with Crippen molar-refractivity contribution in [1.29, 1.82) is 0 Å². The van der Waals surface area contributed by atoms with Crippen LogP contribution in [-0.2, 0) is 6.54 Å². The first-order valence-electron chi connectivity index (χ1n) is 6.77. The second kappa shape index (κ2) is 6.00. The molecule has 2 atom stereocenters. The predicted molar refractivity (Wildman–Crippen MR) is 72.6 cm³/mol. The molecule has 1 saturated carbocycles. The Morgan fingerprint density at radius 1 is 1.50 bits per heavy atom. The van der Waals surface area contributed by atoms with Gasteiger partial charge in [-0.2, -0.15) is 0 Å². The van der Waals surface area contributed by atoms with Crippen molar-refractivity contribution in [1.82, 2.24) is 9.55 Å². The summed E-state index contributed by atoms with van der Waals surface area (Å²) in [6.07, 6.45) is 8.07. The molecule has 1 aliphatic carbocycles. The van der Waals surface area contributed by atoms with Gasteiger partial charge in [0, 0.05) is 31.5 Å². The van der Waals surface area contributed by atoms with Gasteiger partial charge in [0.15, 0.2) is 5.82 Å². The smallest absolute Gasteiger partial charge is 0.293 e. The van der Waals surface area contributed by atoms with E-state index in [2.05, 4.69) is 10.3 Å². The summed E-state index contributed by atoms with van der Waals surface area (Å²) in [5, 5.41) is 3.16. The molecule has 0 radical (unpaired) electrons. The number of aryl methyl sites for hydroxylation is 1. The average Bonchev–Trinajstić information content (AvgIpc) is 2.39. The van der Waals surface area contributed by atoms with Gasteiger partial charge in [-0.1, -0.05) is 12.8 Å². The van der Waals surface area contributed by atoms with E-state index in [-0.39, 0.29) is 11.6 Å². The van der Waals surface area contributed by atoms with Gasteiger partial charge in [0.25, 0.3) is 5.56 Å². The van der Waals surface area contributed by atoms with Crippen molar-refractivity contribution < 1.29 is 0 Å². The molecule has 2 rings (SSSR count). The van der Waals surface area contributed by atoms with Gasteiger partial charge in [0.05, 0.1) is 0 Å². The number of anilines is 1. The topological polar surface area (TPSA) is 72.9 Å². The normalized spacial score (nSPS) is 23.9. The van der Waals surface area contributed by atoms with Gasteiger partial charge in [0.1, 0.15) is 0 Å². The van der Waals surface area contributed by atoms with Gasteiger partial charge in [-0.3, -0.25) is 4.79 Å². The summed E-state index contributed by atoms with van der Waals surface area (Å²) in [5.74, 6) is 0.896. The van der Waals surface area contributed by atoms with E-state index in [9.17, 15) is 4.79 Å². The van der Waals surface area contributed by atoms with Crippen molar-refractivity contribution >= 4 is 5.82 Å². The first kappa shape index (κ1) is 13.1. The first-order valence-corrected chi connectivity index (χ1v) is 6.77. The molecule has 0 aliphatic heterocycles. The molecular weight excluding hydrogens is 228 g/mol. The highest BCUT2D eigenvalue weighted by Gasteiger charge is 2.21. The standard InChI is InChI=1S/C13H22N4O/c1-2-17-8-7-15-12(13(17)18)16-9-10-5-3-4-6-11(10)14/h7-8,10-11H,2-6,9,14H2,1H3,(H,15,16). The van der Waals surface area contributed by atoms with Gasteiger partial charge in [-0.15, -0.1) is 0 Å². The van der Waals surface area contributed by atoms with Crippen molar-refractivity contribution in [3.05, 3.63) is 22.7 Å². The Labute approximate surface area is 107 Å². The third-order valence-corrected chi connectivity index (χ3v) is 3.75. The van der Waals surface area contributed by atoms with Gasteiger partial charge in [-0.25, -0.2) is 4.98 Å². The summed E-state index contributed by atoms with van der Waals surface area (Å²) < 4.78 is 1.65.